The van der Waals surface area contributed by atoms with E-state index in [9.17, 15) is 18.3 Å². The molecule has 6 heteroatoms. The normalized spacial score (nSPS) is 20.3. The zero-order chi connectivity index (χ0) is 17.7. The van der Waals surface area contributed by atoms with Gasteiger partial charge in [-0.05, 0) is 47.9 Å². The minimum atomic E-state index is -4.70. The molecule has 0 fully saturated rings. The molecule has 0 saturated heterocycles. The lowest BCUT2D eigenvalue weighted by molar-refractivity contribution is -0.117. The van der Waals surface area contributed by atoms with Crippen LogP contribution in [-0.2, 0) is 5.60 Å². The smallest absolute Gasteiger partial charge is 0.416 e. The summed E-state index contributed by atoms with van der Waals surface area (Å²) in [7, 11) is 1.42. The Morgan fingerprint density at radius 3 is 2.42 bits per heavy atom. The Labute approximate surface area is 142 Å². The van der Waals surface area contributed by atoms with Crippen molar-refractivity contribution in [2.75, 3.05) is 7.11 Å². The summed E-state index contributed by atoms with van der Waals surface area (Å²) in [5.41, 5.74) is -2.47. The second-order valence-electron chi connectivity index (χ2n) is 5.74. The Bertz CT molecular complexity index is 838. The Balaban J connectivity index is 2.36. The van der Waals surface area contributed by atoms with E-state index in [1.165, 1.54) is 25.3 Å². The van der Waals surface area contributed by atoms with Gasteiger partial charge in [-0.3, -0.25) is 0 Å². The van der Waals surface area contributed by atoms with E-state index >= 15 is 0 Å². The average molecular weight is 355 g/mol. The van der Waals surface area contributed by atoms with Crippen molar-refractivity contribution in [2.24, 2.45) is 0 Å². The molecule has 0 radical (unpaired) electrons. The molecule has 0 heterocycles. The molecule has 2 nitrogen and oxygen atoms in total. The standard InChI is InChI=1S/C18H14ClF3O2/c1-17(23)14-9-12(24-2)6-7-13(14)15(16(17)18(20,21)22)10-4-3-5-11(19)8-10/h3-9,23H,1-2H3. The zero-order valence-electron chi connectivity index (χ0n) is 12.9. The van der Waals surface area contributed by atoms with Crippen LogP contribution in [-0.4, -0.2) is 18.4 Å². The highest BCUT2D eigenvalue weighted by atomic mass is 35.5. The summed E-state index contributed by atoms with van der Waals surface area (Å²) >= 11 is 5.94. The first-order valence-electron chi connectivity index (χ1n) is 7.15. The largest absolute Gasteiger partial charge is 0.497 e. The Morgan fingerprint density at radius 2 is 1.83 bits per heavy atom. The first-order chi connectivity index (χ1) is 11.2. The van der Waals surface area contributed by atoms with Crippen molar-refractivity contribution in [1.29, 1.82) is 0 Å². The summed E-state index contributed by atoms with van der Waals surface area (Å²) in [5, 5.41) is 11.0. The van der Waals surface area contributed by atoms with E-state index in [2.05, 4.69) is 0 Å². The maximum Gasteiger partial charge on any atom is 0.416 e. The molecule has 1 N–H and O–H groups in total. The number of benzene rings is 2. The molecule has 0 aromatic heterocycles. The van der Waals surface area contributed by atoms with Gasteiger partial charge in [0.25, 0.3) is 0 Å². The average Bonchev–Trinajstić information content (AvgIpc) is 2.74. The van der Waals surface area contributed by atoms with Crippen LogP contribution in [0.15, 0.2) is 48.0 Å². The Hall–Kier alpha value is -1.98. The SMILES string of the molecule is COc1ccc2c(c1)C(C)(O)C(C(F)(F)F)=C2c1cccc(Cl)c1. The Morgan fingerprint density at radius 1 is 1.12 bits per heavy atom. The number of rotatable bonds is 2. The maximum atomic E-state index is 13.8. The molecule has 2 aromatic carbocycles. The minimum absolute atomic E-state index is 0.0624. The fourth-order valence-corrected chi connectivity index (χ4v) is 3.34. The van der Waals surface area contributed by atoms with Gasteiger partial charge in [0.2, 0.25) is 0 Å². The fraction of sp³-hybridized carbons (Fsp3) is 0.222. The zero-order valence-corrected chi connectivity index (χ0v) is 13.7. The van der Waals surface area contributed by atoms with Crippen LogP contribution in [0.5, 0.6) is 5.75 Å². The van der Waals surface area contributed by atoms with Gasteiger partial charge in [0.1, 0.15) is 11.4 Å². The van der Waals surface area contributed by atoms with E-state index < -0.39 is 17.4 Å². The highest BCUT2D eigenvalue weighted by molar-refractivity contribution is 6.30. The van der Waals surface area contributed by atoms with Gasteiger partial charge in [-0.1, -0.05) is 29.8 Å². The number of hydrogen-bond acceptors (Lipinski definition) is 2. The molecule has 24 heavy (non-hydrogen) atoms. The van der Waals surface area contributed by atoms with Crippen molar-refractivity contribution >= 4 is 17.2 Å². The van der Waals surface area contributed by atoms with E-state index in [-0.39, 0.29) is 11.1 Å². The van der Waals surface area contributed by atoms with Gasteiger partial charge in [-0.15, -0.1) is 0 Å². The molecule has 0 bridgehead atoms. The third-order valence-corrected chi connectivity index (χ3v) is 4.39. The van der Waals surface area contributed by atoms with E-state index in [1.807, 2.05) is 0 Å². The maximum absolute atomic E-state index is 13.8. The van der Waals surface area contributed by atoms with Crippen molar-refractivity contribution in [3.05, 3.63) is 69.8 Å². The quantitative estimate of drug-likeness (QED) is 0.828. The number of aliphatic hydroxyl groups is 1. The number of hydrogen-bond donors (Lipinski definition) is 1. The summed E-state index contributed by atoms with van der Waals surface area (Å²) in [6, 6.07) is 10.7. The summed E-state index contributed by atoms with van der Waals surface area (Å²) in [6.45, 7) is 1.14. The van der Waals surface area contributed by atoms with Gasteiger partial charge in [0.05, 0.1) is 12.7 Å². The number of alkyl halides is 3. The van der Waals surface area contributed by atoms with E-state index in [0.29, 0.717) is 21.9 Å². The fourth-order valence-electron chi connectivity index (χ4n) is 3.15. The molecule has 3 rings (SSSR count). The van der Waals surface area contributed by atoms with Crippen LogP contribution in [0.2, 0.25) is 5.02 Å². The number of halogens is 4. The van der Waals surface area contributed by atoms with Crippen LogP contribution in [0.4, 0.5) is 13.2 Å². The third kappa shape index (κ3) is 2.58. The molecule has 1 aliphatic rings. The molecule has 2 aromatic rings. The van der Waals surface area contributed by atoms with Gasteiger partial charge in [-0.25, -0.2) is 0 Å². The molecule has 0 saturated carbocycles. The molecular formula is C18H14ClF3O2. The minimum Gasteiger partial charge on any atom is -0.497 e. The molecule has 0 spiro atoms. The lowest BCUT2D eigenvalue weighted by Crippen LogP contribution is -2.30. The van der Waals surface area contributed by atoms with Gasteiger partial charge < -0.3 is 9.84 Å². The van der Waals surface area contributed by atoms with Crippen molar-refractivity contribution in [3.8, 4) is 5.75 Å². The molecule has 126 valence electrons. The highest BCUT2D eigenvalue weighted by Gasteiger charge is 2.53. The summed E-state index contributed by atoms with van der Waals surface area (Å²) in [5.74, 6) is 0.378. The summed E-state index contributed by atoms with van der Waals surface area (Å²) in [4.78, 5) is 0. The van der Waals surface area contributed by atoms with E-state index in [1.54, 1.807) is 24.3 Å². The predicted octanol–water partition coefficient (Wildman–Crippen LogP) is 4.93. The predicted molar refractivity (Wildman–Crippen MR) is 86.1 cm³/mol. The number of ether oxygens (including phenoxy) is 1. The van der Waals surface area contributed by atoms with Crippen molar-refractivity contribution in [1.82, 2.24) is 0 Å². The summed E-state index contributed by atoms with van der Waals surface area (Å²) in [6.07, 6.45) is -4.70. The molecule has 0 aliphatic heterocycles. The second-order valence-corrected chi connectivity index (χ2v) is 6.18. The van der Waals surface area contributed by atoms with Crippen LogP contribution >= 0.6 is 11.6 Å². The van der Waals surface area contributed by atoms with Gasteiger partial charge in [0.15, 0.2) is 0 Å². The van der Waals surface area contributed by atoms with Gasteiger partial charge in [-0.2, -0.15) is 13.2 Å². The van der Waals surface area contributed by atoms with Crippen LogP contribution < -0.4 is 4.74 Å². The van der Waals surface area contributed by atoms with Crippen molar-refractivity contribution in [2.45, 2.75) is 18.7 Å². The van der Waals surface area contributed by atoms with Crippen molar-refractivity contribution < 1.29 is 23.0 Å². The number of fused-ring (bicyclic) bond motifs is 1. The molecule has 1 aliphatic carbocycles. The lowest BCUT2D eigenvalue weighted by atomic mass is 9.91. The first-order valence-corrected chi connectivity index (χ1v) is 7.53. The molecule has 1 unspecified atom stereocenters. The van der Waals surface area contributed by atoms with Crippen LogP contribution in [0, 0.1) is 0 Å². The highest BCUT2D eigenvalue weighted by Crippen LogP contribution is 2.54. The molecular weight excluding hydrogens is 341 g/mol. The van der Waals surface area contributed by atoms with Crippen LogP contribution in [0.25, 0.3) is 5.57 Å². The number of methoxy groups -OCH3 is 1. The topological polar surface area (TPSA) is 29.5 Å². The van der Waals surface area contributed by atoms with Crippen LogP contribution in [0.1, 0.15) is 23.6 Å². The molecule has 0 amide bonds. The van der Waals surface area contributed by atoms with Crippen LogP contribution in [0.3, 0.4) is 0 Å². The second kappa shape index (κ2) is 5.53. The van der Waals surface area contributed by atoms with Crippen molar-refractivity contribution in [3.63, 3.8) is 0 Å². The Kier molecular flexibility index (Phi) is 3.89. The first kappa shape index (κ1) is 16.9. The van der Waals surface area contributed by atoms with Gasteiger partial charge >= 0.3 is 6.18 Å². The lowest BCUT2D eigenvalue weighted by Gasteiger charge is -2.25. The summed E-state index contributed by atoms with van der Waals surface area (Å²) < 4.78 is 46.4. The monoisotopic (exact) mass is 354 g/mol. The molecule has 1 atom stereocenters. The van der Waals surface area contributed by atoms with Gasteiger partial charge in [0, 0.05) is 10.6 Å². The van der Waals surface area contributed by atoms with E-state index in [0.717, 1.165) is 6.92 Å². The third-order valence-electron chi connectivity index (χ3n) is 4.15. The van der Waals surface area contributed by atoms with E-state index in [4.69, 9.17) is 16.3 Å².